The van der Waals surface area contributed by atoms with Crippen molar-refractivity contribution in [3.05, 3.63) is 76.0 Å². The lowest BCUT2D eigenvalue weighted by Crippen LogP contribution is -2.04. The molecule has 1 aromatic heterocycles. The monoisotopic (exact) mass is 304 g/mol. The fourth-order valence-corrected chi connectivity index (χ4v) is 2.41. The number of fused-ring (bicyclic) bond motifs is 1. The quantitative estimate of drug-likeness (QED) is 0.587. The van der Waals surface area contributed by atoms with E-state index in [1.165, 1.54) is 6.07 Å². The molecule has 0 bridgehead atoms. The Balaban J connectivity index is 1.97. The van der Waals surface area contributed by atoms with Gasteiger partial charge in [-0.15, -0.1) is 0 Å². The number of aromatic nitrogens is 1. The summed E-state index contributed by atoms with van der Waals surface area (Å²) in [5.74, 6) is 0. The van der Waals surface area contributed by atoms with E-state index in [0.717, 1.165) is 11.1 Å². The highest BCUT2D eigenvalue weighted by molar-refractivity contribution is 5.91. The summed E-state index contributed by atoms with van der Waals surface area (Å²) >= 11 is 0. The van der Waals surface area contributed by atoms with E-state index in [-0.39, 0.29) is 12.2 Å². The van der Waals surface area contributed by atoms with Crippen molar-refractivity contribution < 1.29 is 4.92 Å². The van der Waals surface area contributed by atoms with Gasteiger partial charge in [0.15, 0.2) is 0 Å². The smallest absolute Gasteiger partial charge is 0.274 e. The fourth-order valence-electron chi connectivity index (χ4n) is 2.41. The highest BCUT2D eigenvalue weighted by atomic mass is 16.6. The Morgan fingerprint density at radius 1 is 1.17 bits per heavy atom. The third-order valence-electron chi connectivity index (χ3n) is 3.49. The van der Waals surface area contributed by atoms with Crippen LogP contribution >= 0.6 is 0 Å². The molecule has 0 aliphatic heterocycles. The van der Waals surface area contributed by atoms with E-state index in [9.17, 15) is 10.1 Å². The lowest BCUT2D eigenvalue weighted by molar-refractivity contribution is -0.385. The first-order valence-corrected chi connectivity index (χ1v) is 6.95. The number of nitro benzene ring substituents is 1. The van der Waals surface area contributed by atoms with Crippen LogP contribution in [-0.2, 0) is 6.54 Å². The molecule has 0 unspecified atom stereocenters. The molecule has 0 saturated heterocycles. The Morgan fingerprint density at radius 3 is 2.70 bits per heavy atom. The van der Waals surface area contributed by atoms with Crippen LogP contribution in [0.2, 0.25) is 0 Å². The highest BCUT2D eigenvalue weighted by Gasteiger charge is 2.12. The predicted molar refractivity (Wildman–Crippen MR) is 86.9 cm³/mol. The fraction of sp³-hybridized carbons (Fsp3) is 0.0588. The summed E-state index contributed by atoms with van der Waals surface area (Å²) in [6.45, 7) is 0.288. The van der Waals surface area contributed by atoms with Gasteiger partial charge in [0, 0.05) is 29.2 Å². The summed E-state index contributed by atoms with van der Waals surface area (Å²) in [5.41, 5.74) is 2.38. The molecule has 112 valence electrons. The molecule has 0 aliphatic carbocycles. The van der Waals surface area contributed by atoms with Crippen LogP contribution in [-0.4, -0.2) is 9.91 Å². The number of nitriles is 1. The molecule has 1 N–H and O–H groups in total. The summed E-state index contributed by atoms with van der Waals surface area (Å²) in [6.07, 6.45) is 0. The Morgan fingerprint density at radius 2 is 1.91 bits per heavy atom. The lowest BCUT2D eigenvalue weighted by atomic mass is 10.1. The van der Waals surface area contributed by atoms with E-state index in [4.69, 9.17) is 5.26 Å². The maximum absolute atomic E-state index is 11.1. The van der Waals surface area contributed by atoms with Gasteiger partial charge in [-0.3, -0.25) is 10.1 Å². The van der Waals surface area contributed by atoms with Crippen molar-refractivity contribution in [2.75, 3.05) is 5.32 Å². The second kappa shape index (κ2) is 6.12. The van der Waals surface area contributed by atoms with Crippen molar-refractivity contribution in [3.63, 3.8) is 0 Å². The molecule has 0 aliphatic rings. The minimum atomic E-state index is -0.400. The van der Waals surface area contributed by atoms with Crippen LogP contribution in [0.3, 0.4) is 0 Å². The average molecular weight is 304 g/mol. The molecule has 0 spiro atoms. The van der Waals surface area contributed by atoms with Crippen LogP contribution in [0.25, 0.3) is 10.9 Å². The molecule has 3 rings (SSSR count). The zero-order valence-electron chi connectivity index (χ0n) is 12.1. The first-order valence-electron chi connectivity index (χ1n) is 6.95. The van der Waals surface area contributed by atoms with Gasteiger partial charge in [-0.1, -0.05) is 36.4 Å². The van der Waals surface area contributed by atoms with Crippen LogP contribution in [0.1, 0.15) is 11.3 Å². The van der Waals surface area contributed by atoms with Gasteiger partial charge < -0.3 is 5.32 Å². The Kier molecular flexibility index (Phi) is 3.85. The van der Waals surface area contributed by atoms with Crippen LogP contribution in [0.15, 0.2) is 54.6 Å². The maximum atomic E-state index is 11.1. The molecule has 6 heteroatoms. The van der Waals surface area contributed by atoms with E-state index in [1.54, 1.807) is 24.3 Å². The Bertz CT molecular complexity index is 931. The Labute approximate surface area is 132 Å². The summed E-state index contributed by atoms with van der Waals surface area (Å²) in [6, 6.07) is 17.7. The van der Waals surface area contributed by atoms with Gasteiger partial charge in [-0.25, -0.2) is 4.98 Å². The molecule has 3 aromatic rings. The highest BCUT2D eigenvalue weighted by Crippen LogP contribution is 2.25. The average Bonchev–Trinajstić information content (AvgIpc) is 2.59. The standard InChI is InChI=1S/C17H12N4O2/c18-10-13-9-16(14-6-2-3-7-15(14)20-13)19-11-12-5-1-4-8-17(12)21(22)23/h1-9H,11H2,(H,19,20). The van der Waals surface area contributed by atoms with Crippen molar-refractivity contribution in [1.82, 2.24) is 4.98 Å². The molecule has 0 atom stereocenters. The SMILES string of the molecule is N#Cc1cc(NCc2ccccc2[N+](=O)[O-])c2ccccc2n1. The maximum Gasteiger partial charge on any atom is 0.274 e. The topological polar surface area (TPSA) is 91.8 Å². The molecular formula is C17H12N4O2. The number of hydrogen-bond donors (Lipinski definition) is 1. The molecule has 0 fully saturated rings. The second-order valence-electron chi connectivity index (χ2n) is 4.92. The summed E-state index contributed by atoms with van der Waals surface area (Å²) in [5, 5.41) is 24.2. The first-order chi connectivity index (χ1) is 11.2. The first kappa shape index (κ1) is 14.5. The zero-order chi connectivity index (χ0) is 16.2. The van der Waals surface area contributed by atoms with Crippen LogP contribution < -0.4 is 5.32 Å². The van der Waals surface area contributed by atoms with Gasteiger partial charge in [-0.2, -0.15) is 5.26 Å². The number of nitrogens with one attached hydrogen (secondary N) is 1. The minimum absolute atomic E-state index is 0.0684. The molecule has 6 nitrogen and oxygen atoms in total. The normalized spacial score (nSPS) is 10.2. The number of hydrogen-bond acceptors (Lipinski definition) is 5. The van der Waals surface area contributed by atoms with Crippen molar-refractivity contribution in [2.45, 2.75) is 6.54 Å². The third-order valence-corrected chi connectivity index (χ3v) is 3.49. The van der Waals surface area contributed by atoms with Crippen LogP contribution in [0.4, 0.5) is 11.4 Å². The second-order valence-corrected chi connectivity index (χ2v) is 4.92. The van der Waals surface area contributed by atoms with E-state index < -0.39 is 4.92 Å². The Hall–Kier alpha value is -3.46. The largest absolute Gasteiger partial charge is 0.380 e. The van der Waals surface area contributed by atoms with Gasteiger partial charge >= 0.3 is 0 Å². The molecule has 0 amide bonds. The number of pyridine rings is 1. The van der Waals surface area contributed by atoms with E-state index in [2.05, 4.69) is 10.3 Å². The lowest BCUT2D eigenvalue weighted by Gasteiger charge is -2.10. The number of rotatable bonds is 4. The number of nitro groups is 1. The van der Waals surface area contributed by atoms with Gasteiger partial charge in [0.25, 0.3) is 5.69 Å². The van der Waals surface area contributed by atoms with Gasteiger partial charge in [0.1, 0.15) is 11.8 Å². The molecule has 0 radical (unpaired) electrons. The van der Waals surface area contributed by atoms with Crippen molar-refractivity contribution >= 4 is 22.3 Å². The molecule has 0 saturated carbocycles. The minimum Gasteiger partial charge on any atom is -0.380 e. The van der Waals surface area contributed by atoms with Crippen LogP contribution in [0, 0.1) is 21.4 Å². The molecule has 23 heavy (non-hydrogen) atoms. The number of benzene rings is 2. The summed E-state index contributed by atoms with van der Waals surface area (Å²) < 4.78 is 0. The van der Waals surface area contributed by atoms with Crippen molar-refractivity contribution in [3.8, 4) is 6.07 Å². The van der Waals surface area contributed by atoms with E-state index in [1.807, 2.05) is 30.3 Å². The molecule has 2 aromatic carbocycles. The van der Waals surface area contributed by atoms with Gasteiger partial charge in [-0.05, 0) is 12.1 Å². The summed E-state index contributed by atoms with van der Waals surface area (Å²) in [4.78, 5) is 14.9. The third kappa shape index (κ3) is 2.94. The van der Waals surface area contributed by atoms with Crippen LogP contribution in [0.5, 0.6) is 0 Å². The van der Waals surface area contributed by atoms with Crippen molar-refractivity contribution in [1.29, 1.82) is 5.26 Å². The summed E-state index contributed by atoms with van der Waals surface area (Å²) in [7, 11) is 0. The zero-order valence-corrected chi connectivity index (χ0v) is 12.1. The predicted octanol–water partition coefficient (Wildman–Crippen LogP) is 3.63. The van der Waals surface area contributed by atoms with E-state index in [0.29, 0.717) is 16.8 Å². The van der Waals surface area contributed by atoms with Gasteiger partial charge in [0.05, 0.1) is 10.4 Å². The molecular weight excluding hydrogens is 292 g/mol. The number of nitrogens with zero attached hydrogens (tertiary/aromatic N) is 3. The van der Waals surface area contributed by atoms with Gasteiger partial charge in [0.2, 0.25) is 0 Å². The number of anilines is 1. The van der Waals surface area contributed by atoms with E-state index >= 15 is 0 Å². The van der Waals surface area contributed by atoms with Crippen molar-refractivity contribution in [2.24, 2.45) is 0 Å². The number of para-hydroxylation sites is 2. The molecule has 1 heterocycles.